The molecule has 8 heteroatoms. The molecule has 0 saturated heterocycles. The standard InChI is InChI=1S/C24H25FN2O4S/c1-31-22-13-15-23(16-14-22)32(29,30)27(21-7-3-2-4-8-21)18-24(28)26-17-5-6-19-9-11-20(25)12-10-19/h2-4,7-16H,5-6,17-18H2,1H3,(H,26,28). The predicted molar refractivity (Wildman–Crippen MR) is 122 cm³/mol. The molecule has 0 bridgehead atoms. The lowest BCUT2D eigenvalue weighted by Gasteiger charge is -2.24. The Labute approximate surface area is 187 Å². The topological polar surface area (TPSA) is 75.7 Å². The highest BCUT2D eigenvalue weighted by Crippen LogP contribution is 2.24. The van der Waals surface area contributed by atoms with Crippen molar-refractivity contribution in [2.45, 2.75) is 17.7 Å². The van der Waals surface area contributed by atoms with Crippen molar-refractivity contribution in [2.24, 2.45) is 0 Å². The molecule has 1 amide bonds. The number of carbonyl (C=O) groups is 1. The molecule has 3 rings (SSSR count). The van der Waals surface area contributed by atoms with Gasteiger partial charge < -0.3 is 10.1 Å². The van der Waals surface area contributed by atoms with Crippen molar-refractivity contribution in [3.05, 3.63) is 90.2 Å². The number of methoxy groups -OCH3 is 1. The van der Waals surface area contributed by atoms with Gasteiger partial charge in [-0.1, -0.05) is 30.3 Å². The van der Waals surface area contributed by atoms with Gasteiger partial charge in [-0.3, -0.25) is 9.10 Å². The third-order valence-corrected chi connectivity index (χ3v) is 6.64. The number of benzene rings is 3. The van der Waals surface area contributed by atoms with Crippen LogP contribution in [0.15, 0.2) is 83.8 Å². The highest BCUT2D eigenvalue weighted by Gasteiger charge is 2.27. The van der Waals surface area contributed by atoms with Crippen molar-refractivity contribution in [1.29, 1.82) is 0 Å². The third-order valence-electron chi connectivity index (χ3n) is 4.86. The van der Waals surface area contributed by atoms with E-state index >= 15 is 0 Å². The van der Waals surface area contributed by atoms with Crippen LogP contribution in [0.4, 0.5) is 10.1 Å². The molecule has 32 heavy (non-hydrogen) atoms. The first-order chi connectivity index (χ1) is 15.4. The van der Waals surface area contributed by atoms with Crippen LogP contribution < -0.4 is 14.4 Å². The molecular formula is C24H25FN2O4S. The Hall–Kier alpha value is -3.39. The smallest absolute Gasteiger partial charge is 0.264 e. The van der Waals surface area contributed by atoms with Gasteiger partial charge in [-0.05, 0) is 66.9 Å². The van der Waals surface area contributed by atoms with Crippen LogP contribution in [0, 0.1) is 5.82 Å². The summed E-state index contributed by atoms with van der Waals surface area (Å²) in [4.78, 5) is 12.6. The first kappa shape index (κ1) is 23.3. The molecule has 0 aliphatic heterocycles. The molecule has 0 aromatic heterocycles. The Morgan fingerprint density at radius 3 is 2.25 bits per heavy atom. The molecule has 0 radical (unpaired) electrons. The summed E-state index contributed by atoms with van der Waals surface area (Å²) in [7, 11) is -2.47. The summed E-state index contributed by atoms with van der Waals surface area (Å²) in [6, 6.07) is 20.7. The third kappa shape index (κ3) is 6.07. The maximum Gasteiger partial charge on any atom is 0.264 e. The van der Waals surface area contributed by atoms with Crippen molar-refractivity contribution in [3.8, 4) is 5.75 Å². The summed E-state index contributed by atoms with van der Waals surface area (Å²) < 4.78 is 45.7. The second-order valence-corrected chi connectivity index (χ2v) is 8.97. The Morgan fingerprint density at radius 1 is 0.969 bits per heavy atom. The molecule has 0 aliphatic carbocycles. The number of ether oxygens (including phenoxy) is 1. The van der Waals surface area contributed by atoms with E-state index in [4.69, 9.17) is 4.74 Å². The van der Waals surface area contributed by atoms with Gasteiger partial charge in [-0.25, -0.2) is 12.8 Å². The van der Waals surface area contributed by atoms with Gasteiger partial charge in [0, 0.05) is 6.54 Å². The summed E-state index contributed by atoms with van der Waals surface area (Å²) >= 11 is 0. The fraction of sp³-hybridized carbons (Fsp3) is 0.208. The monoisotopic (exact) mass is 456 g/mol. The van der Waals surface area contributed by atoms with Gasteiger partial charge in [0.05, 0.1) is 17.7 Å². The van der Waals surface area contributed by atoms with Crippen molar-refractivity contribution in [3.63, 3.8) is 0 Å². The zero-order chi connectivity index (χ0) is 23.0. The van der Waals surface area contributed by atoms with E-state index in [0.717, 1.165) is 9.87 Å². The van der Waals surface area contributed by atoms with Crippen LogP contribution in [0.25, 0.3) is 0 Å². The van der Waals surface area contributed by atoms with E-state index in [0.29, 0.717) is 30.8 Å². The average molecular weight is 457 g/mol. The van der Waals surface area contributed by atoms with Crippen LogP contribution >= 0.6 is 0 Å². The maximum atomic E-state index is 13.3. The number of carbonyl (C=O) groups excluding carboxylic acids is 1. The zero-order valence-corrected chi connectivity index (χ0v) is 18.5. The molecule has 168 valence electrons. The highest BCUT2D eigenvalue weighted by molar-refractivity contribution is 7.92. The number of nitrogens with zero attached hydrogens (tertiary/aromatic N) is 1. The Bertz CT molecular complexity index is 1120. The van der Waals surface area contributed by atoms with Crippen molar-refractivity contribution >= 4 is 21.6 Å². The van der Waals surface area contributed by atoms with E-state index in [1.165, 1.54) is 31.4 Å². The van der Waals surface area contributed by atoms with Gasteiger partial charge in [-0.2, -0.15) is 0 Å². The summed E-state index contributed by atoms with van der Waals surface area (Å²) in [6.07, 6.45) is 1.32. The minimum absolute atomic E-state index is 0.0614. The van der Waals surface area contributed by atoms with Crippen LogP contribution in [-0.4, -0.2) is 34.5 Å². The molecule has 0 aliphatic rings. The molecule has 3 aromatic rings. The number of amides is 1. The minimum Gasteiger partial charge on any atom is -0.497 e. The van der Waals surface area contributed by atoms with E-state index in [9.17, 15) is 17.6 Å². The number of hydrogen-bond acceptors (Lipinski definition) is 4. The second kappa shape index (κ2) is 10.8. The summed E-state index contributed by atoms with van der Waals surface area (Å²) in [5.74, 6) is -0.166. The molecule has 0 unspecified atom stereocenters. The number of nitrogens with one attached hydrogen (secondary N) is 1. The lowest BCUT2D eigenvalue weighted by molar-refractivity contribution is -0.119. The molecule has 0 saturated carbocycles. The van der Waals surface area contributed by atoms with Gasteiger partial charge >= 0.3 is 0 Å². The maximum absolute atomic E-state index is 13.3. The highest BCUT2D eigenvalue weighted by atomic mass is 32.2. The molecular weight excluding hydrogens is 431 g/mol. The Morgan fingerprint density at radius 2 is 1.62 bits per heavy atom. The quantitative estimate of drug-likeness (QED) is 0.471. The van der Waals surface area contributed by atoms with E-state index < -0.39 is 15.9 Å². The normalized spacial score (nSPS) is 11.1. The predicted octanol–water partition coefficient (Wildman–Crippen LogP) is 3.78. The molecule has 0 spiro atoms. The van der Waals surface area contributed by atoms with Gasteiger partial charge in [0.1, 0.15) is 18.1 Å². The van der Waals surface area contributed by atoms with Gasteiger partial charge in [-0.15, -0.1) is 0 Å². The zero-order valence-electron chi connectivity index (χ0n) is 17.7. The van der Waals surface area contributed by atoms with E-state index in [-0.39, 0.29) is 17.3 Å². The van der Waals surface area contributed by atoms with E-state index in [1.54, 1.807) is 54.6 Å². The molecule has 3 aromatic carbocycles. The fourth-order valence-corrected chi connectivity index (χ4v) is 4.56. The number of aryl methyl sites for hydroxylation is 1. The number of anilines is 1. The van der Waals surface area contributed by atoms with Crippen molar-refractivity contribution < 1.29 is 22.3 Å². The summed E-state index contributed by atoms with van der Waals surface area (Å²) in [6.45, 7) is 0.0242. The van der Waals surface area contributed by atoms with Crippen LogP contribution in [0.3, 0.4) is 0 Å². The SMILES string of the molecule is COc1ccc(S(=O)(=O)N(CC(=O)NCCCc2ccc(F)cc2)c2ccccc2)cc1. The summed E-state index contributed by atoms with van der Waals surface area (Å²) in [5, 5.41) is 2.77. The summed E-state index contributed by atoms with van der Waals surface area (Å²) in [5.41, 5.74) is 1.36. The lowest BCUT2D eigenvalue weighted by atomic mass is 10.1. The van der Waals surface area contributed by atoms with Gasteiger partial charge in [0.2, 0.25) is 5.91 Å². The first-order valence-corrected chi connectivity index (χ1v) is 11.6. The first-order valence-electron chi connectivity index (χ1n) is 10.1. The number of hydrogen-bond donors (Lipinski definition) is 1. The Kier molecular flexibility index (Phi) is 7.83. The fourth-order valence-electron chi connectivity index (χ4n) is 3.14. The molecule has 1 N–H and O–H groups in total. The van der Waals surface area contributed by atoms with Crippen LogP contribution in [0.5, 0.6) is 5.75 Å². The van der Waals surface area contributed by atoms with Crippen molar-refractivity contribution in [2.75, 3.05) is 24.5 Å². The van der Waals surface area contributed by atoms with Crippen LogP contribution in [-0.2, 0) is 21.2 Å². The molecule has 0 heterocycles. The molecule has 6 nitrogen and oxygen atoms in total. The van der Waals surface area contributed by atoms with Gasteiger partial charge in [0.15, 0.2) is 0 Å². The van der Waals surface area contributed by atoms with E-state index in [1.807, 2.05) is 0 Å². The molecule has 0 fully saturated rings. The Balaban J connectivity index is 1.67. The minimum atomic E-state index is -3.97. The van der Waals surface area contributed by atoms with E-state index in [2.05, 4.69) is 5.32 Å². The van der Waals surface area contributed by atoms with Crippen LogP contribution in [0.2, 0.25) is 0 Å². The second-order valence-electron chi connectivity index (χ2n) is 7.10. The number of halogens is 1. The molecule has 0 atom stereocenters. The number of rotatable bonds is 10. The number of para-hydroxylation sites is 1. The average Bonchev–Trinajstić information content (AvgIpc) is 2.82. The largest absolute Gasteiger partial charge is 0.497 e. The van der Waals surface area contributed by atoms with Crippen molar-refractivity contribution in [1.82, 2.24) is 5.32 Å². The van der Waals surface area contributed by atoms with Crippen LogP contribution in [0.1, 0.15) is 12.0 Å². The number of sulfonamides is 1. The lowest BCUT2D eigenvalue weighted by Crippen LogP contribution is -2.41. The van der Waals surface area contributed by atoms with Gasteiger partial charge in [0.25, 0.3) is 10.0 Å².